The maximum absolute atomic E-state index is 13.6. The van der Waals surface area contributed by atoms with Crippen LogP contribution in [0.5, 0.6) is 0 Å². The number of hydrogen-bond donors (Lipinski definition) is 1. The third-order valence-electron chi connectivity index (χ3n) is 4.62. The molecular weight excluding hydrogens is 328 g/mol. The van der Waals surface area contributed by atoms with Gasteiger partial charge in [-0.2, -0.15) is 0 Å². The van der Waals surface area contributed by atoms with Crippen molar-refractivity contribution in [3.05, 3.63) is 69.6 Å². The second-order valence-electron chi connectivity index (χ2n) is 6.33. The summed E-state index contributed by atoms with van der Waals surface area (Å²) >= 11 is 0. The molecule has 1 aromatic heterocycles. The highest BCUT2D eigenvalue weighted by atomic mass is 19.2. The second kappa shape index (κ2) is 6.76. The van der Waals surface area contributed by atoms with Crippen molar-refractivity contribution in [2.45, 2.75) is 18.5 Å². The molecule has 2 heterocycles. The van der Waals surface area contributed by atoms with Crippen LogP contribution < -0.4 is 10.9 Å². The van der Waals surface area contributed by atoms with Gasteiger partial charge in [0.1, 0.15) is 0 Å². The lowest BCUT2D eigenvalue weighted by Gasteiger charge is -2.26. The van der Waals surface area contributed by atoms with Crippen LogP contribution in [-0.2, 0) is 7.05 Å². The minimum atomic E-state index is -0.908. The number of amides is 1. The van der Waals surface area contributed by atoms with Gasteiger partial charge in [-0.25, -0.2) is 8.78 Å². The number of rotatable bonds is 3. The lowest BCUT2D eigenvalue weighted by Crippen LogP contribution is -2.39. The molecule has 132 valence electrons. The highest BCUT2D eigenvalue weighted by molar-refractivity contribution is 5.94. The predicted molar refractivity (Wildman–Crippen MR) is 89.3 cm³/mol. The van der Waals surface area contributed by atoms with Gasteiger partial charge in [-0.15, -0.1) is 0 Å². The Bertz CT molecular complexity index is 866. The van der Waals surface area contributed by atoms with E-state index in [2.05, 4.69) is 5.32 Å². The summed E-state index contributed by atoms with van der Waals surface area (Å²) in [4.78, 5) is 26.1. The molecular formula is C18H19F2N3O2. The van der Waals surface area contributed by atoms with Gasteiger partial charge >= 0.3 is 0 Å². The summed E-state index contributed by atoms with van der Waals surface area (Å²) in [6.07, 6.45) is 2.21. The Morgan fingerprint density at radius 3 is 2.60 bits per heavy atom. The molecule has 7 heteroatoms. The smallest absolute Gasteiger partial charge is 0.251 e. The number of nitrogens with one attached hydrogen (secondary N) is 1. The Balaban J connectivity index is 1.82. The zero-order valence-electron chi connectivity index (χ0n) is 14.0. The van der Waals surface area contributed by atoms with E-state index < -0.39 is 11.6 Å². The van der Waals surface area contributed by atoms with Crippen LogP contribution in [0.2, 0.25) is 0 Å². The molecule has 0 radical (unpaired) electrons. The fourth-order valence-electron chi connectivity index (χ4n) is 3.22. The van der Waals surface area contributed by atoms with Gasteiger partial charge in [-0.3, -0.25) is 14.5 Å². The molecule has 1 N–H and O–H groups in total. The number of likely N-dealkylation sites (tertiary alicyclic amines) is 1. The minimum absolute atomic E-state index is 0.258. The monoisotopic (exact) mass is 347 g/mol. The third-order valence-corrected chi connectivity index (χ3v) is 4.62. The maximum atomic E-state index is 13.6. The fraction of sp³-hybridized carbons (Fsp3) is 0.333. The first-order valence-electron chi connectivity index (χ1n) is 7.99. The van der Waals surface area contributed by atoms with E-state index in [1.165, 1.54) is 29.0 Å². The zero-order valence-corrected chi connectivity index (χ0v) is 14.0. The van der Waals surface area contributed by atoms with E-state index in [0.29, 0.717) is 18.5 Å². The van der Waals surface area contributed by atoms with E-state index in [-0.39, 0.29) is 29.1 Å². The third kappa shape index (κ3) is 3.46. The molecule has 2 atom stereocenters. The van der Waals surface area contributed by atoms with Crippen LogP contribution in [0.15, 0.2) is 41.3 Å². The SMILES string of the molecule is CN1CCC(NC(=O)c2ccn(C)c(=O)c2)C1c1ccc(F)c(F)c1. The number of benzene rings is 1. The summed E-state index contributed by atoms with van der Waals surface area (Å²) < 4.78 is 28.1. The van der Waals surface area contributed by atoms with Gasteiger partial charge in [-0.1, -0.05) is 6.07 Å². The Labute approximate surface area is 143 Å². The standard InChI is InChI=1S/C18H19F2N3O2/c1-22-7-5-12(10-16(22)24)18(25)21-15-6-8-23(2)17(15)11-3-4-13(19)14(20)9-11/h3-5,7,9-10,15,17H,6,8H2,1-2H3,(H,21,25). The fourth-order valence-corrected chi connectivity index (χ4v) is 3.22. The number of aryl methyl sites for hydroxylation is 1. The molecule has 1 saturated heterocycles. The van der Waals surface area contributed by atoms with E-state index >= 15 is 0 Å². The summed E-state index contributed by atoms with van der Waals surface area (Å²) in [6, 6.07) is 6.12. The Morgan fingerprint density at radius 1 is 1.16 bits per heavy atom. The van der Waals surface area contributed by atoms with E-state index in [0.717, 1.165) is 6.07 Å². The summed E-state index contributed by atoms with van der Waals surface area (Å²) in [5.74, 6) is -2.16. The number of carbonyl (C=O) groups excluding carboxylic acids is 1. The van der Waals surface area contributed by atoms with Crippen LogP contribution in [-0.4, -0.2) is 35.0 Å². The van der Waals surface area contributed by atoms with Gasteiger partial charge in [0, 0.05) is 31.4 Å². The van der Waals surface area contributed by atoms with Gasteiger partial charge in [0.05, 0.1) is 12.1 Å². The summed E-state index contributed by atoms with van der Waals surface area (Å²) in [6.45, 7) is 0.713. The van der Waals surface area contributed by atoms with Crippen molar-refractivity contribution in [3.8, 4) is 0 Å². The molecule has 0 saturated carbocycles. The number of nitrogens with zero attached hydrogens (tertiary/aromatic N) is 2. The van der Waals surface area contributed by atoms with E-state index in [9.17, 15) is 18.4 Å². The molecule has 2 aromatic rings. The number of aromatic nitrogens is 1. The molecule has 25 heavy (non-hydrogen) atoms. The Kier molecular flexibility index (Phi) is 4.67. The maximum Gasteiger partial charge on any atom is 0.251 e. The zero-order chi connectivity index (χ0) is 18.1. The molecule has 1 fully saturated rings. The van der Waals surface area contributed by atoms with Crippen LogP contribution in [0.3, 0.4) is 0 Å². The molecule has 2 unspecified atom stereocenters. The molecule has 0 aliphatic carbocycles. The van der Waals surface area contributed by atoms with Crippen molar-refractivity contribution in [1.82, 2.24) is 14.8 Å². The van der Waals surface area contributed by atoms with Crippen molar-refractivity contribution < 1.29 is 13.6 Å². The molecule has 5 nitrogen and oxygen atoms in total. The van der Waals surface area contributed by atoms with E-state index in [1.54, 1.807) is 13.1 Å². The predicted octanol–water partition coefficient (Wildman–Crippen LogP) is 1.84. The lowest BCUT2D eigenvalue weighted by atomic mass is 9.99. The number of hydrogen-bond acceptors (Lipinski definition) is 3. The van der Waals surface area contributed by atoms with Gasteiger partial charge in [-0.05, 0) is 37.2 Å². The quantitative estimate of drug-likeness (QED) is 0.922. The van der Waals surface area contributed by atoms with Gasteiger partial charge < -0.3 is 9.88 Å². The number of likely N-dealkylation sites (N-methyl/N-ethyl adjacent to an activating group) is 1. The first-order valence-corrected chi connectivity index (χ1v) is 7.99. The van der Waals surface area contributed by atoms with E-state index in [1.807, 2.05) is 11.9 Å². The van der Waals surface area contributed by atoms with Crippen molar-refractivity contribution >= 4 is 5.91 Å². The Morgan fingerprint density at radius 2 is 1.92 bits per heavy atom. The van der Waals surface area contributed by atoms with Crippen molar-refractivity contribution in [2.75, 3.05) is 13.6 Å². The first-order chi connectivity index (χ1) is 11.9. The van der Waals surface area contributed by atoms with Gasteiger partial charge in [0.15, 0.2) is 11.6 Å². The molecule has 1 aromatic carbocycles. The number of halogens is 2. The largest absolute Gasteiger partial charge is 0.347 e. The van der Waals surface area contributed by atoms with Crippen LogP contribution in [0.25, 0.3) is 0 Å². The lowest BCUT2D eigenvalue weighted by molar-refractivity contribution is 0.0927. The molecule has 1 aliphatic rings. The minimum Gasteiger partial charge on any atom is -0.347 e. The normalized spacial score (nSPS) is 20.6. The highest BCUT2D eigenvalue weighted by Gasteiger charge is 2.34. The van der Waals surface area contributed by atoms with Crippen LogP contribution >= 0.6 is 0 Å². The summed E-state index contributed by atoms with van der Waals surface area (Å²) in [5.41, 5.74) is 0.614. The average molecular weight is 347 g/mol. The van der Waals surface area contributed by atoms with Crippen LogP contribution in [0.4, 0.5) is 8.78 Å². The van der Waals surface area contributed by atoms with Gasteiger partial charge in [0.25, 0.3) is 11.5 Å². The molecule has 0 bridgehead atoms. The van der Waals surface area contributed by atoms with Crippen LogP contribution in [0, 0.1) is 11.6 Å². The number of carbonyl (C=O) groups is 1. The molecule has 3 rings (SSSR count). The molecule has 1 aliphatic heterocycles. The topological polar surface area (TPSA) is 54.3 Å². The Hall–Kier alpha value is -2.54. The first kappa shape index (κ1) is 17.3. The van der Waals surface area contributed by atoms with Gasteiger partial charge in [0.2, 0.25) is 0 Å². The van der Waals surface area contributed by atoms with Crippen molar-refractivity contribution in [1.29, 1.82) is 0 Å². The highest BCUT2D eigenvalue weighted by Crippen LogP contribution is 2.31. The summed E-state index contributed by atoms with van der Waals surface area (Å²) in [7, 11) is 3.48. The van der Waals surface area contributed by atoms with Crippen molar-refractivity contribution in [3.63, 3.8) is 0 Å². The van der Waals surface area contributed by atoms with Crippen LogP contribution in [0.1, 0.15) is 28.4 Å². The summed E-state index contributed by atoms with van der Waals surface area (Å²) in [5, 5.41) is 2.91. The van der Waals surface area contributed by atoms with E-state index in [4.69, 9.17) is 0 Å². The average Bonchev–Trinajstić information content (AvgIpc) is 2.93. The number of pyridine rings is 1. The second-order valence-corrected chi connectivity index (χ2v) is 6.33. The molecule has 0 spiro atoms. The molecule has 1 amide bonds. The van der Waals surface area contributed by atoms with Crippen molar-refractivity contribution in [2.24, 2.45) is 7.05 Å².